The van der Waals surface area contributed by atoms with Crippen LogP contribution in [0.5, 0.6) is 0 Å². The number of piperidine rings is 1. The first-order chi connectivity index (χ1) is 9.49. The van der Waals surface area contributed by atoms with E-state index in [0.717, 1.165) is 19.4 Å². The number of hydrogen-bond acceptors (Lipinski definition) is 3. The summed E-state index contributed by atoms with van der Waals surface area (Å²) >= 11 is 0. The van der Waals surface area contributed by atoms with E-state index in [1.54, 1.807) is 0 Å². The van der Waals surface area contributed by atoms with Crippen molar-refractivity contribution in [2.45, 2.75) is 56.4 Å². The lowest BCUT2D eigenvalue weighted by Crippen LogP contribution is -2.49. The van der Waals surface area contributed by atoms with Crippen LogP contribution in [-0.2, 0) is 0 Å². The van der Waals surface area contributed by atoms with Gasteiger partial charge in [0.1, 0.15) is 0 Å². The van der Waals surface area contributed by atoms with Crippen molar-refractivity contribution in [2.24, 2.45) is 0 Å². The Balaban J connectivity index is 1.43. The van der Waals surface area contributed by atoms with Crippen molar-refractivity contribution < 1.29 is 13.2 Å². The monoisotopic (exact) mass is 291 g/mol. The molecule has 0 aromatic heterocycles. The molecule has 3 fully saturated rings. The second kappa shape index (κ2) is 5.81. The molecule has 0 spiro atoms. The summed E-state index contributed by atoms with van der Waals surface area (Å²) in [6.07, 6.45) is 1.70. The minimum atomic E-state index is -4.07. The van der Waals surface area contributed by atoms with E-state index >= 15 is 0 Å². The van der Waals surface area contributed by atoms with Gasteiger partial charge in [0.15, 0.2) is 0 Å². The fourth-order valence-corrected chi connectivity index (χ4v) is 4.07. The van der Waals surface area contributed by atoms with Crippen LogP contribution in [0.1, 0.15) is 32.1 Å². The van der Waals surface area contributed by atoms with Gasteiger partial charge < -0.3 is 10.2 Å². The van der Waals surface area contributed by atoms with Crippen molar-refractivity contribution in [3.05, 3.63) is 0 Å². The van der Waals surface area contributed by atoms with Crippen LogP contribution in [0.25, 0.3) is 0 Å². The van der Waals surface area contributed by atoms with Gasteiger partial charge in [-0.05, 0) is 45.2 Å². The highest BCUT2D eigenvalue weighted by atomic mass is 19.4. The normalized spacial score (nSPS) is 36.5. The Morgan fingerprint density at radius 3 is 2.60 bits per heavy atom. The molecule has 3 nitrogen and oxygen atoms in total. The molecular formula is C14H24F3N3. The first-order valence-electron chi connectivity index (χ1n) is 7.79. The van der Waals surface area contributed by atoms with Crippen molar-refractivity contribution in [1.82, 2.24) is 15.1 Å². The zero-order valence-corrected chi connectivity index (χ0v) is 11.8. The molecule has 3 atom stereocenters. The third-order valence-electron chi connectivity index (χ3n) is 4.97. The van der Waals surface area contributed by atoms with E-state index in [1.165, 1.54) is 30.7 Å². The number of fused-ring (bicyclic) bond motifs is 1. The molecule has 3 rings (SSSR count). The van der Waals surface area contributed by atoms with Gasteiger partial charge >= 0.3 is 6.18 Å². The lowest BCUT2D eigenvalue weighted by molar-refractivity contribution is -0.143. The highest BCUT2D eigenvalue weighted by Crippen LogP contribution is 2.28. The minimum absolute atomic E-state index is 0.246. The summed E-state index contributed by atoms with van der Waals surface area (Å²) in [6, 6.07) is 1.47. The highest BCUT2D eigenvalue weighted by molar-refractivity contribution is 4.92. The molecule has 3 aliphatic heterocycles. The van der Waals surface area contributed by atoms with E-state index in [-0.39, 0.29) is 6.04 Å². The van der Waals surface area contributed by atoms with Gasteiger partial charge in [-0.3, -0.25) is 4.90 Å². The molecule has 0 bridgehead atoms. The van der Waals surface area contributed by atoms with Crippen molar-refractivity contribution in [2.75, 3.05) is 32.7 Å². The van der Waals surface area contributed by atoms with E-state index in [2.05, 4.69) is 10.2 Å². The molecule has 1 N–H and O–H groups in total. The van der Waals surface area contributed by atoms with E-state index in [0.29, 0.717) is 25.2 Å². The Labute approximate surface area is 118 Å². The average molecular weight is 291 g/mol. The van der Waals surface area contributed by atoms with Crippen molar-refractivity contribution in [3.63, 3.8) is 0 Å². The third-order valence-corrected chi connectivity index (χ3v) is 4.97. The SMILES string of the molecule is FC(F)(F)CN1CC[C@H](N[C@@H]2CCN3CCC[C@@H]3C2)C1. The molecule has 0 aliphatic carbocycles. The lowest BCUT2D eigenvalue weighted by Gasteiger charge is -2.36. The third kappa shape index (κ3) is 3.65. The lowest BCUT2D eigenvalue weighted by atomic mass is 9.97. The minimum Gasteiger partial charge on any atom is -0.310 e. The first kappa shape index (κ1) is 14.6. The van der Waals surface area contributed by atoms with Gasteiger partial charge in [0.2, 0.25) is 0 Å². The maximum Gasteiger partial charge on any atom is 0.401 e. The molecule has 3 saturated heterocycles. The molecule has 116 valence electrons. The van der Waals surface area contributed by atoms with Crippen LogP contribution in [0.4, 0.5) is 13.2 Å². The zero-order valence-electron chi connectivity index (χ0n) is 11.8. The number of rotatable bonds is 3. The molecule has 0 unspecified atom stereocenters. The first-order valence-corrected chi connectivity index (χ1v) is 7.79. The van der Waals surface area contributed by atoms with Gasteiger partial charge in [-0.1, -0.05) is 0 Å². The van der Waals surface area contributed by atoms with Crippen LogP contribution in [0, 0.1) is 0 Å². The standard InChI is InChI=1S/C14H24F3N3/c15-14(16,17)10-19-6-3-12(9-19)18-11-4-7-20-5-1-2-13(20)8-11/h11-13,18H,1-10H2/t11-,12+,13-/m1/s1. The quantitative estimate of drug-likeness (QED) is 0.856. The smallest absolute Gasteiger partial charge is 0.310 e. The summed E-state index contributed by atoms with van der Waals surface area (Å²) in [4.78, 5) is 4.10. The van der Waals surface area contributed by atoms with E-state index in [9.17, 15) is 13.2 Å². The Kier molecular flexibility index (Phi) is 4.24. The van der Waals surface area contributed by atoms with Crippen LogP contribution >= 0.6 is 0 Å². The topological polar surface area (TPSA) is 18.5 Å². The van der Waals surface area contributed by atoms with Gasteiger partial charge in [-0.2, -0.15) is 13.2 Å². The second-order valence-corrected chi connectivity index (χ2v) is 6.56. The molecular weight excluding hydrogens is 267 g/mol. The second-order valence-electron chi connectivity index (χ2n) is 6.56. The zero-order chi connectivity index (χ0) is 14.2. The van der Waals surface area contributed by atoms with Crippen LogP contribution in [0.2, 0.25) is 0 Å². The van der Waals surface area contributed by atoms with Crippen LogP contribution < -0.4 is 5.32 Å². The van der Waals surface area contributed by atoms with Crippen LogP contribution in [-0.4, -0.2) is 66.8 Å². The van der Waals surface area contributed by atoms with Crippen LogP contribution in [0.3, 0.4) is 0 Å². The molecule has 6 heteroatoms. The number of nitrogens with one attached hydrogen (secondary N) is 1. The van der Waals surface area contributed by atoms with E-state index in [1.807, 2.05) is 0 Å². The molecule has 0 aromatic carbocycles. The van der Waals surface area contributed by atoms with E-state index in [4.69, 9.17) is 0 Å². The Morgan fingerprint density at radius 1 is 1.00 bits per heavy atom. The largest absolute Gasteiger partial charge is 0.401 e. The average Bonchev–Trinajstić information content (AvgIpc) is 2.96. The number of nitrogens with zero attached hydrogens (tertiary/aromatic N) is 2. The molecule has 0 saturated carbocycles. The fraction of sp³-hybridized carbons (Fsp3) is 1.00. The fourth-order valence-electron chi connectivity index (χ4n) is 4.07. The number of halogens is 3. The summed E-state index contributed by atoms with van der Waals surface area (Å²) < 4.78 is 37.1. The van der Waals surface area contributed by atoms with Crippen molar-refractivity contribution in [1.29, 1.82) is 0 Å². The summed E-state index contributed by atoms with van der Waals surface area (Å²) in [5.41, 5.74) is 0. The summed E-state index contributed by atoms with van der Waals surface area (Å²) in [7, 11) is 0. The Bertz CT molecular complexity index is 334. The molecule has 3 aliphatic rings. The Morgan fingerprint density at radius 2 is 1.80 bits per heavy atom. The Hall–Kier alpha value is -0.330. The molecule has 20 heavy (non-hydrogen) atoms. The van der Waals surface area contributed by atoms with E-state index < -0.39 is 12.7 Å². The van der Waals surface area contributed by atoms with Crippen molar-refractivity contribution >= 4 is 0 Å². The van der Waals surface area contributed by atoms with Gasteiger partial charge in [-0.25, -0.2) is 0 Å². The highest BCUT2D eigenvalue weighted by Gasteiger charge is 2.36. The number of likely N-dealkylation sites (tertiary alicyclic amines) is 1. The summed E-state index contributed by atoms with van der Waals surface area (Å²) in [5.74, 6) is 0. The van der Waals surface area contributed by atoms with Gasteiger partial charge in [-0.15, -0.1) is 0 Å². The van der Waals surface area contributed by atoms with Crippen molar-refractivity contribution in [3.8, 4) is 0 Å². The molecule has 0 aromatic rings. The number of hydrogen-bond donors (Lipinski definition) is 1. The maximum atomic E-state index is 12.4. The van der Waals surface area contributed by atoms with Gasteiger partial charge in [0.05, 0.1) is 6.54 Å². The predicted octanol–water partition coefficient (Wildman–Crippen LogP) is 1.84. The number of alkyl halides is 3. The molecule has 0 radical (unpaired) electrons. The summed E-state index contributed by atoms with van der Waals surface area (Å²) in [5, 5.41) is 3.61. The van der Waals surface area contributed by atoms with Gasteiger partial charge in [0, 0.05) is 31.2 Å². The van der Waals surface area contributed by atoms with Crippen LogP contribution in [0.15, 0.2) is 0 Å². The molecule has 3 heterocycles. The molecule has 0 amide bonds. The predicted molar refractivity (Wildman–Crippen MR) is 71.7 cm³/mol. The van der Waals surface area contributed by atoms with Gasteiger partial charge in [0.25, 0.3) is 0 Å². The summed E-state index contributed by atoms with van der Waals surface area (Å²) in [6.45, 7) is 2.75. The maximum absolute atomic E-state index is 12.4.